The minimum absolute atomic E-state index is 0.0227. The first-order valence-electron chi connectivity index (χ1n) is 4.82. The number of likely N-dealkylation sites (tertiary alicyclic amines) is 1. The molecule has 0 spiro atoms. The van der Waals surface area contributed by atoms with Crippen LogP contribution >= 0.6 is 22.9 Å². The van der Waals surface area contributed by atoms with Gasteiger partial charge in [-0.3, -0.25) is 4.79 Å². The maximum atomic E-state index is 12.7. The van der Waals surface area contributed by atoms with Crippen molar-refractivity contribution in [3.63, 3.8) is 0 Å². The molecule has 2 atom stereocenters. The van der Waals surface area contributed by atoms with E-state index in [-0.39, 0.29) is 6.04 Å². The Morgan fingerprint density at radius 2 is 2.53 bits per heavy atom. The van der Waals surface area contributed by atoms with Crippen LogP contribution in [0.5, 0.6) is 0 Å². The molecule has 15 heavy (non-hydrogen) atoms. The molecule has 1 aliphatic heterocycles. The molecule has 2 nitrogen and oxygen atoms in total. The van der Waals surface area contributed by atoms with Crippen molar-refractivity contribution in [2.45, 2.75) is 24.5 Å². The highest BCUT2D eigenvalue weighted by Crippen LogP contribution is 2.35. The van der Waals surface area contributed by atoms with Gasteiger partial charge >= 0.3 is 0 Å². The molecule has 1 aromatic heterocycles. The van der Waals surface area contributed by atoms with Crippen LogP contribution in [0.3, 0.4) is 0 Å². The van der Waals surface area contributed by atoms with E-state index in [0.29, 0.717) is 6.54 Å². The third kappa shape index (κ3) is 2.16. The third-order valence-corrected chi connectivity index (χ3v) is 3.75. The fourth-order valence-corrected chi connectivity index (χ4v) is 2.93. The first-order valence-corrected chi connectivity index (χ1v) is 6.14. The van der Waals surface area contributed by atoms with Gasteiger partial charge in [-0.25, -0.2) is 4.39 Å². The monoisotopic (exact) mass is 247 g/mol. The van der Waals surface area contributed by atoms with Gasteiger partial charge in [-0.2, -0.15) is 0 Å². The summed E-state index contributed by atoms with van der Waals surface area (Å²) in [6.07, 6.45) is 1.81. The Balaban J connectivity index is 2.15. The lowest BCUT2D eigenvalue weighted by atomic mass is 10.2. The predicted octanol–water partition coefficient (Wildman–Crippen LogP) is 2.95. The van der Waals surface area contributed by atoms with E-state index in [9.17, 15) is 9.18 Å². The summed E-state index contributed by atoms with van der Waals surface area (Å²) in [5, 5.41) is 1.96. The Labute approximate surface area is 96.6 Å². The van der Waals surface area contributed by atoms with Gasteiger partial charge in [0, 0.05) is 11.4 Å². The van der Waals surface area contributed by atoms with E-state index in [4.69, 9.17) is 11.6 Å². The number of hydrogen-bond acceptors (Lipinski definition) is 2. The molecule has 0 aromatic carbocycles. The Hall–Kier alpha value is -0.610. The van der Waals surface area contributed by atoms with Crippen LogP contribution in [0.25, 0.3) is 0 Å². The Bertz CT molecular complexity index is 341. The molecule has 1 aliphatic rings. The molecule has 2 rings (SSSR count). The van der Waals surface area contributed by atoms with Crippen LogP contribution in [0.1, 0.15) is 23.8 Å². The molecule has 0 N–H and O–H groups in total. The zero-order valence-corrected chi connectivity index (χ0v) is 9.60. The lowest BCUT2D eigenvalue weighted by Crippen LogP contribution is -2.34. The van der Waals surface area contributed by atoms with Crippen LogP contribution in [0.4, 0.5) is 4.39 Å². The molecule has 2 heterocycles. The Kier molecular flexibility index (Phi) is 3.26. The van der Waals surface area contributed by atoms with Crippen molar-refractivity contribution in [1.29, 1.82) is 0 Å². The largest absolute Gasteiger partial charge is 0.331 e. The highest BCUT2D eigenvalue weighted by atomic mass is 35.5. The topological polar surface area (TPSA) is 20.3 Å². The van der Waals surface area contributed by atoms with Gasteiger partial charge in [-0.05, 0) is 24.3 Å². The van der Waals surface area contributed by atoms with Gasteiger partial charge < -0.3 is 4.90 Å². The summed E-state index contributed by atoms with van der Waals surface area (Å²) in [6, 6.07) is 3.94. The zero-order chi connectivity index (χ0) is 10.8. The van der Waals surface area contributed by atoms with E-state index in [0.717, 1.165) is 17.7 Å². The minimum atomic E-state index is -1.91. The van der Waals surface area contributed by atoms with E-state index in [1.54, 1.807) is 16.2 Å². The van der Waals surface area contributed by atoms with E-state index in [2.05, 4.69) is 0 Å². The van der Waals surface area contributed by atoms with Crippen LogP contribution in [-0.4, -0.2) is 23.0 Å². The molecule has 0 radical (unpaired) electrons. The number of halogens is 2. The van der Waals surface area contributed by atoms with Gasteiger partial charge in [0.15, 0.2) is 0 Å². The van der Waals surface area contributed by atoms with E-state index in [1.807, 2.05) is 17.5 Å². The summed E-state index contributed by atoms with van der Waals surface area (Å²) in [5.41, 5.74) is -1.91. The molecule has 0 bridgehead atoms. The molecule has 1 saturated heterocycles. The normalized spacial score (nSPS) is 23.1. The number of nitrogens with zero attached hydrogens (tertiary/aromatic N) is 1. The first kappa shape index (κ1) is 10.9. The molecule has 1 fully saturated rings. The highest BCUT2D eigenvalue weighted by molar-refractivity contribution is 7.10. The van der Waals surface area contributed by atoms with Crippen molar-refractivity contribution in [3.05, 3.63) is 22.4 Å². The number of rotatable bonds is 2. The van der Waals surface area contributed by atoms with Crippen molar-refractivity contribution in [2.75, 3.05) is 6.54 Å². The van der Waals surface area contributed by atoms with Gasteiger partial charge in [-0.1, -0.05) is 17.7 Å². The maximum absolute atomic E-state index is 12.7. The molecular weight excluding hydrogens is 237 g/mol. The minimum Gasteiger partial charge on any atom is -0.331 e. The second-order valence-electron chi connectivity index (χ2n) is 3.51. The zero-order valence-electron chi connectivity index (χ0n) is 8.03. The van der Waals surface area contributed by atoms with Gasteiger partial charge in [0.1, 0.15) is 0 Å². The number of thiophene rings is 1. The maximum Gasteiger partial charge on any atom is 0.273 e. The Morgan fingerprint density at radius 3 is 3.13 bits per heavy atom. The SMILES string of the molecule is O=C(C(F)Cl)N1CCCC1c1cccs1. The molecular formula is C10H11ClFNOS. The van der Waals surface area contributed by atoms with Crippen LogP contribution in [0, 0.1) is 0 Å². The van der Waals surface area contributed by atoms with Gasteiger partial charge in [0.05, 0.1) is 6.04 Å². The van der Waals surface area contributed by atoms with Crippen molar-refractivity contribution in [3.8, 4) is 0 Å². The fraction of sp³-hybridized carbons (Fsp3) is 0.500. The van der Waals surface area contributed by atoms with Gasteiger partial charge in [0.2, 0.25) is 0 Å². The predicted molar refractivity (Wildman–Crippen MR) is 58.8 cm³/mol. The van der Waals surface area contributed by atoms with Crippen molar-refractivity contribution in [1.82, 2.24) is 4.90 Å². The molecule has 82 valence electrons. The first-order chi connectivity index (χ1) is 7.20. The highest BCUT2D eigenvalue weighted by Gasteiger charge is 2.33. The number of hydrogen-bond donors (Lipinski definition) is 0. The summed E-state index contributed by atoms with van der Waals surface area (Å²) < 4.78 is 12.7. The summed E-state index contributed by atoms with van der Waals surface area (Å²) in [4.78, 5) is 14.1. The Morgan fingerprint density at radius 1 is 1.73 bits per heavy atom. The smallest absolute Gasteiger partial charge is 0.273 e. The molecule has 0 saturated carbocycles. The lowest BCUT2D eigenvalue weighted by Gasteiger charge is -2.23. The summed E-state index contributed by atoms with van der Waals surface area (Å²) in [5.74, 6) is -0.604. The van der Waals surface area contributed by atoms with Crippen LogP contribution in [0.15, 0.2) is 17.5 Å². The molecule has 2 unspecified atom stereocenters. The van der Waals surface area contributed by atoms with Gasteiger partial charge in [-0.15, -0.1) is 11.3 Å². The molecule has 5 heteroatoms. The number of carbonyl (C=O) groups is 1. The van der Waals surface area contributed by atoms with E-state index >= 15 is 0 Å². The van der Waals surface area contributed by atoms with Crippen LogP contribution in [-0.2, 0) is 4.79 Å². The molecule has 0 aliphatic carbocycles. The second kappa shape index (κ2) is 4.49. The van der Waals surface area contributed by atoms with E-state index < -0.39 is 11.5 Å². The van der Waals surface area contributed by atoms with Gasteiger partial charge in [0.25, 0.3) is 11.5 Å². The standard InChI is InChI=1S/C10H11ClFNOS/c11-9(12)10(14)13-5-1-3-7(13)8-4-2-6-15-8/h2,4,6-7,9H,1,3,5H2. The summed E-state index contributed by atoms with van der Waals surface area (Å²) >= 11 is 6.77. The number of amides is 1. The van der Waals surface area contributed by atoms with Crippen LogP contribution in [0.2, 0.25) is 0 Å². The third-order valence-electron chi connectivity index (χ3n) is 2.59. The van der Waals surface area contributed by atoms with Crippen molar-refractivity contribution < 1.29 is 9.18 Å². The van der Waals surface area contributed by atoms with Crippen LogP contribution < -0.4 is 0 Å². The second-order valence-corrected chi connectivity index (χ2v) is 4.87. The average Bonchev–Trinajstić information content (AvgIpc) is 2.86. The fourth-order valence-electron chi connectivity index (χ4n) is 1.93. The number of alkyl halides is 2. The van der Waals surface area contributed by atoms with Crippen molar-refractivity contribution >= 4 is 28.8 Å². The van der Waals surface area contributed by atoms with Crippen molar-refractivity contribution in [2.24, 2.45) is 0 Å². The molecule has 1 amide bonds. The number of carbonyl (C=O) groups excluding carboxylic acids is 1. The van der Waals surface area contributed by atoms with E-state index in [1.165, 1.54) is 0 Å². The molecule has 1 aromatic rings. The average molecular weight is 248 g/mol. The quantitative estimate of drug-likeness (QED) is 0.736. The summed E-state index contributed by atoms with van der Waals surface area (Å²) in [6.45, 7) is 0.606. The lowest BCUT2D eigenvalue weighted by molar-refractivity contribution is -0.134. The summed E-state index contributed by atoms with van der Waals surface area (Å²) in [7, 11) is 0.